The zero-order valence-electron chi connectivity index (χ0n) is 9.72. The number of nitrogens with two attached hydrogens (primary N) is 1. The molecule has 0 fully saturated rings. The van der Waals surface area contributed by atoms with Gasteiger partial charge in [0.25, 0.3) is 0 Å². The highest BCUT2D eigenvalue weighted by Gasteiger charge is 2.13. The van der Waals surface area contributed by atoms with Gasteiger partial charge in [0.15, 0.2) is 0 Å². The van der Waals surface area contributed by atoms with Crippen molar-refractivity contribution >= 4 is 11.8 Å². The van der Waals surface area contributed by atoms with E-state index in [0.717, 1.165) is 0 Å². The molecule has 0 rings (SSSR count). The van der Waals surface area contributed by atoms with Crippen molar-refractivity contribution in [3.05, 3.63) is 0 Å². The second-order valence-corrected chi connectivity index (χ2v) is 4.47. The van der Waals surface area contributed by atoms with Crippen LogP contribution in [0.1, 0.15) is 33.6 Å². The minimum absolute atomic E-state index is 0.0284. The Morgan fingerprint density at radius 2 is 1.80 bits per heavy atom. The lowest BCUT2D eigenvalue weighted by atomic mass is 10.1. The first-order chi connectivity index (χ1) is 6.85. The molecule has 0 aromatic carbocycles. The number of hydrogen-bond acceptors (Lipinski definition) is 3. The lowest BCUT2D eigenvalue weighted by molar-refractivity contribution is -0.126. The van der Waals surface area contributed by atoms with E-state index in [2.05, 4.69) is 10.6 Å². The van der Waals surface area contributed by atoms with E-state index >= 15 is 0 Å². The van der Waals surface area contributed by atoms with Gasteiger partial charge in [-0.1, -0.05) is 0 Å². The summed E-state index contributed by atoms with van der Waals surface area (Å²) in [5.74, 6) is -0.312. The Kier molecular flexibility index (Phi) is 5.93. The van der Waals surface area contributed by atoms with Gasteiger partial charge in [0.1, 0.15) is 0 Å². The molecule has 0 aromatic heterocycles. The van der Waals surface area contributed by atoms with E-state index in [-0.39, 0.29) is 23.9 Å². The molecule has 0 aliphatic rings. The Balaban J connectivity index is 3.67. The normalized spacial score (nSPS) is 10.9. The molecule has 0 saturated carbocycles. The van der Waals surface area contributed by atoms with Gasteiger partial charge >= 0.3 is 0 Å². The Labute approximate surface area is 90.8 Å². The van der Waals surface area contributed by atoms with Crippen LogP contribution in [-0.2, 0) is 9.59 Å². The van der Waals surface area contributed by atoms with E-state index in [1.165, 1.54) is 0 Å². The summed E-state index contributed by atoms with van der Waals surface area (Å²) in [6, 6.07) is 0. The molecule has 0 aromatic rings. The SMILES string of the molecule is CC(C)(C)NC(=O)CNC(=O)CCCN. The largest absolute Gasteiger partial charge is 0.350 e. The monoisotopic (exact) mass is 215 g/mol. The molecule has 0 aliphatic heterocycles. The third-order valence-electron chi connectivity index (χ3n) is 1.57. The van der Waals surface area contributed by atoms with Crippen molar-refractivity contribution < 1.29 is 9.59 Å². The topological polar surface area (TPSA) is 84.2 Å². The summed E-state index contributed by atoms with van der Waals surface area (Å²) in [6.07, 6.45) is 1.02. The molecule has 88 valence electrons. The van der Waals surface area contributed by atoms with Gasteiger partial charge in [-0.3, -0.25) is 9.59 Å². The molecule has 0 aliphatic carbocycles. The smallest absolute Gasteiger partial charge is 0.239 e. The van der Waals surface area contributed by atoms with Crippen molar-refractivity contribution in [2.75, 3.05) is 13.1 Å². The Morgan fingerprint density at radius 1 is 1.20 bits per heavy atom. The van der Waals surface area contributed by atoms with E-state index in [1.54, 1.807) is 0 Å². The van der Waals surface area contributed by atoms with Crippen LogP contribution in [0.3, 0.4) is 0 Å². The highest BCUT2D eigenvalue weighted by molar-refractivity contribution is 5.84. The van der Waals surface area contributed by atoms with Crippen LogP contribution in [0.25, 0.3) is 0 Å². The summed E-state index contributed by atoms with van der Waals surface area (Å²) in [5.41, 5.74) is 4.99. The summed E-state index contributed by atoms with van der Waals surface area (Å²) in [4.78, 5) is 22.4. The van der Waals surface area contributed by atoms with Crippen molar-refractivity contribution in [3.63, 3.8) is 0 Å². The van der Waals surface area contributed by atoms with Gasteiger partial charge in [0, 0.05) is 12.0 Å². The first-order valence-corrected chi connectivity index (χ1v) is 5.13. The first kappa shape index (κ1) is 13.9. The third kappa shape index (κ3) is 9.21. The molecule has 0 radical (unpaired) electrons. The molecule has 5 nitrogen and oxygen atoms in total. The van der Waals surface area contributed by atoms with E-state index < -0.39 is 0 Å². The highest BCUT2D eigenvalue weighted by atomic mass is 16.2. The lowest BCUT2D eigenvalue weighted by Gasteiger charge is -2.20. The van der Waals surface area contributed by atoms with Gasteiger partial charge in [-0.2, -0.15) is 0 Å². The molecule has 5 heteroatoms. The maximum atomic E-state index is 11.3. The van der Waals surface area contributed by atoms with Crippen LogP contribution < -0.4 is 16.4 Å². The van der Waals surface area contributed by atoms with Crippen LogP contribution in [0, 0.1) is 0 Å². The minimum Gasteiger partial charge on any atom is -0.350 e. The van der Waals surface area contributed by atoms with Crippen molar-refractivity contribution in [1.29, 1.82) is 0 Å². The predicted molar refractivity (Wildman–Crippen MR) is 59.2 cm³/mol. The van der Waals surface area contributed by atoms with Crippen LogP contribution in [0.15, 0.2) is 0 Å². The molecule has 0 heterocycles. The standard InChI is InChI=1S/C10H21N3O2/c1-10(2,3)13-9(15)7-12-8(14)5-4-6-11/h4-7,11H2,1-3H3,(H,12,14)(H,13,15). The van der Waals surface area contributed by atoms with E-state index in [0.29, 0.717) is 19.4 Å². The number of rotatable bonds is 5. The van der Waals surface area contributed by atoms with Gasteiger partial charge in [-0.05, 0) is 33.7 Å². The van der Waals surface area contributed by atoms with E-state index in [4.69, 9.17) is 5.73 Å². The van der Waals surface area contributed by atoms with Gasteiger partial charge in [-0.15, -0.1) is 0 Å². The Bertz CT molecular complexity index is 221. The molecule has 2 amide bonds. The van der Waals surface area contributed by atoms with Gasteiger partial charge in [-0.25, -0.2) is 0 Å². The van der Waals surface area contributed by atoms with Crippen LogP contribution >= 0.6 is 0 Å². The van der Waals surface area contributed by atoms with Crippen LogP contribution in [0.5, 0.6) is 0 Å². The highest BCUT2D eigenvalue weighted by Crippen LogP contribution is 1.97. The van der Waals surface area contributed by atoms with Gasteiger partial charge in [0.2, 0.25) is 11.8 Å². The summed E-state index contributed by atoms with van der Waals surface area (Å²) < 4.78 is 0. The molecule has 0 spiro atoms. The molecule has 0 unspecified atom stereocenters. The second-order valence-electron chi connectivity index (χ2n) is 4.47. The zero-order chi connectivity index (χ0) is 11.9. The average molecular weight is 215 g/mol. The van der Waals surface area contributed by atoms with Gasteiger partial charge in [0.05, 0.1) is 6.54 Å². The van der Waals surface area contributed by atoms with E-state index in [1.807, 2.05) is 20.8 Å². The van der Waals surface area contributed by atoms with Crippen LogP contribution in [-0.4, -0.2) is 30.4 Å². The molecule has 0 bridgehead atoms. The molecular weight excluding hydrogens is 194 g/mol. The number of carbonyl (C=O) groups excluding carboxylic acids is 2. The average Bonchev–Trinajstić information content (AvgIpc) is 2.08. The summed E-state index contributed by atoms with van der Waals surface area (Å²) in [6.45, 7) is 6.19. The third-order valence-corrected chi connectivity index (χ3v) is 1.57. The Hall–Kier alpha value is -1.10. The summed E-state index contributed by atoms with van der Waals surface area (Å²) >= 11 is 0. The van der Waals surface area contributed by atoms with Gasteiger partial charge < -0.3 is 16.4 Å². The zero-order valence-corrected chi connectivity index (χ0v) is 9.72. The number of amides is 2. The van der Waals surface area contributed by atoms with Crippen molar-refractivity contribution in [2.45, 2.75) is 39.2 Å². The number of nitrogens with one attached hydrogen (secondary N) is 2. The summed E-state index contributed by atoms with van der Waals surface area (Å²) in [7, 11) is 0. The fourth-order valence-corrected chi connectivity index (χ4v) is 0.992. The quantitative estimate of drug-likeness (QED) is 0.591. The fraction of sp³-hybridized carbons (Fsp3) is 0.800. The molecule has 4 N–H and O–H groups in total. The fourth-order valence-electron chi connectivity index (χ4n) is 0.992. The maximum Gasteiger partial charge on any atom is 0.239 e. The molecule has 0 saturated heterocycles. The van der Waals surface area contributed by atoms with Crippen LogP contribution in [0.4, 0.5) is 0 Å². The molecule has 0 atom stereocenters. The lowest BCUT2D eigenvalue weighted by Crippen LogP contribution is -2.45. The maximum absolute atomic E-state index is 11.3. The molecular formula is C10H21N3O2. The minimum atomic E-state index is -0.265. The van der Waals surface area contributed by atoms with Crippen LogP contribution in [0.2, 0.25) is 0 Å². The molecule has 15 heavy (non-hydrogen) atoms. The van der Waals surface area contributed by atoms with Crippen molar-refractivity contribution in [1.82, 2.24) is 10.6 Å². The number of hydrogen-bond donors (Lipinski definition) is 3. The summed E-state index contributed by atoms with van der Waals surface area (Å²) in [5, 5.41) is 5.29. The number of carbonyl (C=O) groups is 2. The van der Waals surface area contributed by atoms with E-state index in [9.17, 15) is 9.59 Å². The second kappa shape index (κ2) is 6.40. The van der Waals surface area contributed by atoms with Crippen molar-refractivity contribution in [3.8, 4) is 0 Å². The van der Waals surface area contributed by atoms with Crippen molar-refractivity contribution in [2.24, 2.45) is 5.73 Å². The first-order valence-electron chi connectivity index (χ1n) is 5.13. The predicted octanol–water partition coefficient (Wildman–Crippen LogP) is -0.244. The Morgan fingerprint density at radius 3 is 2.27 bits per heavy atom.